The van der Waals surface area contributed by atoms with Gasteiger partial charge in [-0.05, 0) is 50.6 Å². The zero-order chi connectivity index (χ0) is 23.0. The number of hydrogen-bond acceptors (Lipinski definition) is 7. The van der Waals surface area contributed by atoms with Gasteiger partial charge in [-0.3, -0.25) is 4.79 Å². The highest BCUT2D eigenvalue weighted by molar-refractivity contribution is 7.99. The summed E-state index contributed by atoms with van der Waals surface area (Å²) in [4.78, 5) is 14.0. The molecule has 0 fully saturated rings. The van der Waals surface area contributed by atoms with E-state index in [1.807, 2.05) is 11.8 Å². The molecule has 1 heterocycles. The van der Waals surface area contributed by atoms with E-state index >= 15 is 0 Å². The Morgan fingerprint density at radius 1 is 1.12 bits per heavy atom. The fraction of sp³-hybridized carbons (Fsp3) is 0.458. The SMILES string of the molecule is CC(C)(Cc1ccccc1)NCCCSCCNC[C@H](O)c1ccc(O)c2[nH]c(=O)sc12. The standard InChI is InChI=1S/C24H33N3O3S2/c1-24(2,15-17-7-4-3-5-8-17)26-11-6-13-31-14-12-25-16-20(29)18-9-10-19(28)21-22(18)32-23(30)27-21/h3-5,7-10,20,25-26,28-29H,6,11-16H2,1-2H3,(H,27,30)/t20-/m0/s1. The van der Waals surface area contributed by atoms with Crippen molar-refractivity contribution in [2.24, 2.45) is 0 Å². The highest BCUT2D eigenvalue weighted by atomic mass is 32.2. The summed E-state index contributed by atoms with van der Waals surface area (Å²) in [5, 5.41) is 27.3. The number of nitrogens with one attached hydrogen (secondary N) is 3. The van der Waals surface area contributed by atoms with Crippen LogP contribution in [0, 0.1) is 0 Å². The molecule has 0 saturated heterocycles. The van der Waals surface area contributed by atoms with Crippen molar-refractivity contribution in [1.82, 2.24) is 15.6 Å². The maximum Gasteiger partial charge on any atom is 0.305 e. The first kappa shape index (κ1) is 24.8. The fourth-order valence-electron chi connectivity index (χ4n) is 3.67. The van der Waals surface area contributed by atoms with Crippen molar-refractivity contribution in [3.05, 3.63) is 63.3 Å². The summed E-state index contributed by atoms with van der Waals surface area (Å²) in [6.45, 7) is 6.70. The number of rotatable bonds is 13. The predicted molar refractivity (Wildman–Crippen MR) is 136 cm³/mol. The smallest absolute Gasteiger partial charge is 0.305 e. The van der Waals surface area contributed by atoms with Crippen molar-refractivity contribution in [2.75, 3.05) is 31.1 Å². The number of phenolic OH excluding ortho intramolecular Hbond substituents is 1. The molecule has 0 unspecified atom stereocenters. The second-order valence-electron chi connectivity index (χ2n) is 8.55. The van der Waals surface area contributed by atoms with E-state index < -0.39 is 6.10 Å². The number of aliphatic hydroxyl groups is 1. The highest BCUT2D eigenvalue weighted by Gasteiger charge is 2.17. The Morgan fingerprint density at radius 3 is 2.69 bits per heavy atom. The van der Waals surface area contributed by atoms with Gasteiger partial charge in [-0.25, -0.2) is 0 Å². The first-order valence-electron chi connectivity index (χ1n) is 11.0. The summed E-state index contributed by atoms with van der Waals surface area (Å²) in [6, 6.07) is 13.8. The Morgan fingerprint density at radius 2 is 1.91 bits per heavy atom. The molecule has 2 aromatic carbocycles. The maximum absolute atomic E-state index is 11.6. The quantitative estimate of drug-likeness (QED) is 0.242. The van der Waals surface area contributed by atoms with Gasteiger partial charge in [0, 0.05) is 29.9 Å². The Balaban J connectivity index is 1.28. The van der Waals surface area contributed by atoms with Gasteiger partial charge in [0.2, 0.25) is 0 Å². The third kappa shape index (κ3) is 7.35. The molecule has 5 N–H and O–H groups in total. The predicted octanol–water partition coefficient (Wildman–Crippen LogP) is 3.65. The van der Waals surface area contributed by atoms with E-state index in [0.29, 0.717) is 22.3 Å². The number of aromatic amines is 1. The van der Waals surface area contributed by atoms with Crippen LogP contribution in [0.3, 0.4) is 0 Å². The molecule has 1 aromatic heterocycles. The van der Waals surface area contributed by atoms with Crippen LogP contribution in [0.25, 0.3) is 10.2 Å². The minimum absolute atomic E-state index is 0.0246. The summed E-state index contributed by atoms with van der Waals surface area (Å²) >= 11 is 2.91. The minimum Gasteiger partial charge on any atom is -0.506 e. The summed E-state index contributed by atoms with van der Waals surface area (Å²) in [5.74, 6) is 2.09. The van der Waals surface area contributed by atoms with Crippen molar-refractivity contribution in [3.63, 3.8) is 0 Å². The largest absolute Gasteiger partial charge is 0.506 e. The average molecular weight is 476 g/mol. The zero-order valence-electron chi connectivity index (χ0n) is 18.7. The molecule has 0 aliphatic heterocycles. The molecule has 3 aromatic rings. The molecular formula is C24H33N3O3S2. The number of benzene rings is 2. The highest BCUT2D eigenvalue weighted by Crippen LogP contribution is 2.31. The third-order valence-corrected chi connectivity index (χ3v) is 7.27. The Hall–Kier alpha value is -1.84. The number of hydrogen-bond donors (Lipinski definition) is 5. The van der Waals surface area contributed by atoms with Gasteiger partial charge in [0.15, 0.2) is 0 Å². The first-order chi connectivity index (χ1) is 15.4. The molecule has 0 aliphatic rings. The minimum atomic E-state index is -0.731. The summed E-state index contributed by atoms with van der Waals surface area (Å²) in [5.41, 5.74) is 2.49. The van der Waals surface area contributed by atoms with E-state index in [0.717, 1.165) is 48.8 Å². The summed E-state index contributed by atoms with van der Waals surface area (Å²) in [7, 11) is 0. The first-order valence-corrected chi connectivity index (χ1v) is 12.9. The number of aromatic hydroxyl groups is 1. The van der Waals surface area contributed by atoms with Crippen molar-refractivity contribution >= 4 is 33.3 Å². The molecule has 0 saturated carbocycles. The topological polar surface area (TPSA) is 97.4 Å². The van der Waals surface area contributed by atoms with Gasteiger partial charge in [0.1, 0.15) is 11.3 Å². The van der Waals surface area contributed by atoms with Gasteiger partial charge in [-0.1, -0.05) is 47.7 Å². The molecule has 0 amide bonds. The van der Waals surface area contributed by atoms with Gasteiger partial charge in [-0.15, -0.1) is 0 Å². The molecular weight excluding hydrogens is 442 g/mol. The Kier molecular flexibility index (Phi) is 9.19. The van der Waals surface area contributed by atoms with Gasteiger partial charge < -0.3 is 25.8 Å². The second kappa shape index (κ2) is 11.9. The van der Waals surface area contributed by atoms with Crippen LogP contribution in [0.1, 0.15) is 37.5 Å². The Labute approximate surface area is 197 Å². The van der Waals surface area contributed by atoms with Crippen molar-refractivity contribution < 1.29 is 10.2 Å². The van der Waals surface area contributed by atoms with E-state index in [4.69, 9.17) is 0 Å². The number of phenols is 1. The zero-order valence-corrected chi connectivity index (χ0v) is 20.3. The molecule has 0 radical (unpaired) electrons. The van der Waals surface area contributed by atoms with Crippen LogP contribution >= 0.6 is 23.1 Å². The molecule has 0 bridgehead atoms. The normalized spacial score (nSPS) is 13.0. The molecule has 32 heavy (non-hydrogen) atoms. The number of thioether (sulfide) groups is 1. The lowest BCUT2D eigenvalue weighted by Gasteiger charge is -2.26. The van der Waals surface area contributed by atoms with E-state index in [9.17, 15) is 15.0 Å². The summed E-state index contributed by atoms with van der Waals surface area (Å²) in [6.07, 6.45) is 1.40. The lowest BCUT2D eigenvalue weighted by molar-refractivity contribution is 0.177. The third-order valence-electron chi connectivity index (χ3n) is 5.27. The van der Waals surface area contributed by atoms with E-state index in [1.165, 1.54) is 11.6 Å². The van der Waals surface area contributed by atoms with Gasteiger partial charge in [-0.2, -0.15) is 11.8 Å². The number of H-pyrrole nitrogens is 1. The molecule has 174 valence electrons. The van der Waals surface area contributed by atoms with Crippen LogP contribution < -0.4 is 15.5 Å². The molecule has 1 atom stereocenters. The van der Waals surface area contributed by atoms with Crippen molar-refractivity contribution in [2.45, 2.75) is 38.3 Å². The van der Waals surface area contributed by atoms with Crippen LogP contribution in [0.2, 0.25) is 0 Å². The van der Waals surface area contributed by atoms with Crippen LogP contribution in [-0.2, 0) is 6.42 Å². The monoisotopic (exact) mass is 475 g/mol. The van der Waals surface area contributed by atoms with Crippen molar-refractivity contribution in [1.29, 1.82) is 0 Å². The summed E-state index contributed by atoms with van der Waals surface area (Å²) < 4.78 is 0.612. The number of aliphatic hydroxyl groups excluding tert-OH is 1. The Bertz CT molecular complexity index is 1030. The molecule has 6 nitrogen and oxygen atoms in total. The van der Waals surface area contributed by atoms with Crippen LogP contribution in [0.5, 0.6) is 5.75 Å². The van der Waals surface area contributed by atoms with Crippen LogP contribution in [-0.4, -0.2) is 51.9 Å². The van der Waals surface area contributed by atoms with Gasteiger partial charge >= 0.3 is 4.87 Å². The van der Waals surface area contributed by atoms with Crippen molar-refractivity contribution in [3.8, 4) is 5.75 Å². The van der Waals surface area contributed by atoms with E-state index in [1.54, 1.807) is 6.07 Å². The number of thiazole rings is 1. The van der Waals surface area contributed by atoms with Crippen LogP contribution in [0.15, 0.2) is 47.3 Å². The molecule has 3 rings (SSSR count). The van der Waals surface area contributed by atoms with E-state index in [-0.39, 0.29) is 16.2 Å². The fourth-order valence-corrected chi connectivity index (χ4v) is 5.43. The maximum atomic E-state index is 11.6. The molecule has 8 heteroatoms. The average Bonchev–Trinajstić information content (AvgIpc) is 3.15. The number of fused-ring (bicyclic) bond motifs is 1. The van der Waals surface area contributed by atoms with Gasteiger partial charge in [0.25, 0.3) is 0 Å². The lowest BCUT2D eigenvalue weighted by atomic mass is 9.95. The van der Waals surface area contributed by atoms with E-state index in [2.05, 4.69) is 59.8 Å². The number of aromatic nitrogens is 1. The second-order valence-corrected chi connectivity index (χ2v) is 10.8. The molecule has 0 aliphatic carbocycles. The van der Waals surface area contributed by atoms with Gasteiger partial charge in [0.05, 0.1) is 10.8 Å². The van der Waals surface area contributed by atoms with Crippen LogP contribution in [0.4, 0.5) is 0 Å². The lowest BCUT2D eigenvalue weighted by Crippen LogP contribution is -2.41. The molecule has 0 spiro atoms.